The van der Waals surface area contributed by atoms with Gasteiger partial charge in [-0.3, -0.25) is 24.0 Å². The van der Waals surface area contributed by atoms with E-state index in [2.05, 4.69) is 46.4 Å². The van der Waals surface area contributed by atoms with Gasteiger partial charge in [0.1, 0.15) is 57.8 Å². The molecule has 0 aliphatic carbocycles. The molecule has 1 aliphatic heterocycles. The van der Waals surface area contributed by atoms with Gasteiger partial charge in [0.25, 0.3) is 5.91 Å². The normalized spacial score (nSPS) is 17.0. The van der Waals surface area contributed by atoms with Gasteiger partial charge in [0, 0.05) is 49.8 Å². The predicted octanol–water partition coefficient (Wildman–Crippen LogP) is 0.337. The number of nitrogens with one attached hydrogen (secondary N) is 4. The first kappa shape index (κ1) is 46.3. The Labute approximate surface area is 361 Å². The van der Waals surface area contributed by atoms with E-state index >= 15 is 0 Å². The van der Waals surface area contributed by atoms with E-state index in [1.807, 2.05) is 30.3 Å². The topological polar surface area (TPSA) is 255 Å². The quantitative estimate of drug-likeness (QED) is 0.0266. The number of benzene rings is 4. The molecule has 2 unspecified atom stereocenters. The summed E-state index contributed by atoms with van der Waals surface area (Å²) >= 11 is 0. The monoisotopic (exact) mass is 847 g/mol. The third kappa shape index (κ3) is 11.3. The first-order chi connectivity index (χ1) is 30.0. The lowest BCUT2D eigenvalue weighted by atomic mass is 9.93. The Morgan fingerprint density at radius 3 is 2.08 bits per heavy atom. The van der Waals surface area contributed by atoms with Crippen molar-refractivity contribution in [3.8, 4) is 33.8 Å². The van der Waals surface area contributed by atoms with Gasteiger partial charge in [-0.2, -0.15) is 0 Å². The largest absolute Gasteiger partial charge is 0.492 e. The number of amides is 5. The Hall–Kier alpha value is -6.76. The average Bonchev–Trinajstić information content (AvgIpc) is 3.28. The van der Waals surface area contributed by atoms with Crippen molar-refractivity contribution in [3.05, 3.63) is 107 Å². The summed E-state index contributed by atoms with van der Waals surface area (Å²) in [5.41, 5.74) is 23.2. The summed E-state index contributed by atoms with van der Waals surface area (Å²) in [5.74, 6) is -1.76. The van der Waals surface area contributed by atoms with Crippen LogP contribution in [0.5, 0.6) is 11.5 Å². The standard InChI is InChI=1S/C44H54BN9O8/c1-26-41(56)51-35(40(49-25-55)53-60-3)21-28-6-14-37(61-18-16-46)33(20-28)34-22-32(13-15-38(34)62-19-17-47)39(43(58)50-26)54(2)44(59)36(24-48)52-42(57)31-11-9-30(10-12-31)29-7-4-27(23-45)5-8-29/h4-15,20,22,25-26,35-36,39H,16-19,21,23-24,45-48H2,1-3H3,(H,50,58)(H,51,56)(H,52,57)(H,49,53,55)/t26-,35?,36-,39?/m0/s1. The van der Waals surface area contributed by atoms with Gasteiger partial charge < -0.3 is 57.7 Å². The number of fused-ring (bicyclic) bond motifs is 5. The van der Waals surface area contributed by atoms with Gasteiger partial charge in [-0.25, -0.2) is 0 Å². The minimum absolute atomic E-state index is 0.00355. The maximum atomic E-state index is 14.5. The second kappa shape index (κ2) is 22.2. The highest BCUT2D eigenvalue weighted by molar-refractivity contribution is 6.08. The molecule has 0 spiro atoms. The zero-order valence-electron chi connectivity index (χ0n) is 35.3. The van der Waals surface area contributed by atoms with Crippen LogP contribution in [0.1, 0.15) is 40.0 Å². The molecule has 4 atom stereocenters. The first-order valence-electron chi connectivity index (χ1n) is 20.3. The van der Waals surface area contributed by atoms with Crippen LogP contribution >= 0.6 is 0 Å². The number of ether oxygens (including phenoxy) is 2. The summed E-state index contributed by atoms with van der Waals surface area (Å²) < 4.78 is 12.2. The van der Waals surface area contributed by atoms with Crippen molar-refractivity contribution in [3.63, 3.8) is 0 Å². The Bertz CT molecular complexity index is 2240. The zero-order chi connectivity index (χ0) is 44.8. The number of amidine groups is 1. The van der Waals surface area contributed by atoms with Crippen LogP contribution in [-0.2, 0) is 36.8 Å². The lowest BCUT2D eigenvalue weighted by Crippen LogP contribution is -2.56. The number of nitrogens with two attached hydrogens (primary N) is 3. The second-order valence-electron chi connectivity index (χ2n) is 14.5. The Morgan fingerprint density at radius 1 is 0.887 bits per heavy atom. The number of carbonyl (C=O) groups is 5. The lowest BCUT2D eigenvalue weighted by molar-refractivity contribution is -0.141. The Kier molecular flexibility index (Phi) is 16.6. The van der Waals surface area contributed by atoms with Crippen LogP contribution in [-0.4, -0.2) is 114 Å². The van der Waals surface area contributed by atoms with Gasteiger partial charge in [-0.15, -0.1) is 0 Å². The van der Waals surface area contributed by atoms with Crippen LogP contribution in [0.3, 0.4) is 0 Å². The molecule has 5 rings (SSSR count). The summed E-state index contributed by atoms with van der Waals surface area (Å²) in [6.45, 7) is 1.91. The molecule has 0 aromatic heterocycles. The number of rotatable bonds is 16. The molecule has 62 heavy (non-hydrogen) atoms. The number of likely N-dealkylation sites (N-methyl/N-ethyl adjacent to an activating group) is 1. The molecule has 17 nitrogen and oxygen atoms in total. The molecule has 1 aliphatic rings. The Morgan fingerprint density at radius 2 is 1.50 bits per heavy atom. The molecule has 326 valence electrons. The minimum atomic E-state index is -1.37. The minimum Gasteiger partial charge on any atom is -0.492 e. The molecule has 0 saturated heterocycles. The number of nitrogens with zero attached hydrogens (tertiary/aromatic N) is 2. The van der Waals surface area contributed by atoms with E-state index < -0.39 is 47.8 Å². The molecule has 0 radical (unpaired) electrons. The summed E-state index contributed by atoms with van der Waals surface area (Å²) in [7, 11) is 4.79. The van der Waals surface area contributed by atoms with E-state index in [0.29, 0.717) is 45.7 Å². The van der Waals surface area contributed by atoms with E-state index in [4.69, 9.17) is 31.5 Å². The van der Waals surface area contributed by atoms with Crippen molar-refractivity contribution in [2.24, 2.45) is 22.4 Å². The zero-order valence-corrected chi connectivity index (χ0v) is 35.3. The summed E-state index contributed by atoms with van der Waals surface area (Å²) in [6.07, 6.45) is 1.44. The predicted molar refractivity (Wildman–Crippen MR) is 238 cm³/mol. The molecule has 4 aromatic carbocycles. The summed E-state index contributed by atoms with van der Waals surface area (Å²) in [5, 5.41) is 14.7. The SMILES string of the molecule is BCc1ccc(-c2ccc(C(=O)N[C@@H](CN)C(=O)N(C)C3C(=O)N[C@@H](C)C(=O)NC(/C(=N/OC)NC=O)Cc4ccc(OCCN)c(c4)-c4cc3ccc4OCCN)cc2)cc1. The van der Waals surface area contributed by atoms with Gasteiger partial charge >= 0.3 is 0 Å². The molecular weight excluding hydrogens is 793 g/mol. The lowest BCUT2D eigenvalue weighted by Gasteiger charge is -2.32. The fourth-order valence-corrected chi connectivity index (χ4v) is 7.02. The average molecular weight is 848 g/mol. The highest BCUT2D eigenvalue weighted by Crippen LogP contribution is 2.40. The van der Waals surface area contributed by atoms with E-state index in [-0.39, 0.29) is 45.1 Å². The maximum absolute atomic E-state index is 14.5. The smallest absolute Gasteiger partial charge is 0.251 e. The number of hydrogen-bond donors (Lipinski definition) is 7. The van der Waals surface area contributed by atoms with E-state index in [0.717, 1.165) is 17.4 Å². The third-order valence-electron chi connectivity index (χ3n) is 10.3. The van der Waals surface area contributed by atoms with E-state index in [9.17, 15) is 24.0 Å². The van der Waals surface area contributed by atoms with Gasteiger partial charge in [-0.1, -0.05) is 65.6 Å². The van der Waals surface area contributed by atoms with Crippen LogP contribution in [0, 0.1) is 0 Å². The molecule has 4 bridgehead atoms. The molecule has 0 saturated carbocycles. The van der Waals surface area contributed by atoms with Gasteiger partial charge in [-0.05, 0) is 65.6 Å². The van der Waals surface area contributed by atoms with Crippen molar-refractivity contribution in [2.75, 3.05) is 47.0 Å². The van der Waals surface area contributed by atoms with Gasteiger partial charge in [0.15, 0.2) is 5.84 Å². The van der Waals surface area contributed by atoms with Crippen LogP contribution in [0.2, 0.25) is 0 Å². The van der Waals surface area contributed by atoms with Crippen LogP contribution in [0.25, 0.3) is 22.3 Å². The van der Waals surface area contributed by atoms with E-state index in [1.54, 1.807) is 42.5 Å². The van der Waals surface area contributed by atoms with Crippen LogP contribution in [0.15, 0.2) is 90.1 Å². The fraction of sp³-hybridized carbons (Fsp3) is 0.318. The summed E-state index contributed by atoms with van der Waals surface area (Å²) in [6, 6.07) is 20.7. The number of oxime groups is 1. The maximum Gasteiger partial charge on any atom is 0.251 e. The molecule has 1 heterocycles. The molecule has 18 heteroatoms. The van der Waals surface area contributed by atoms with Crippen molar-refractivity contribution in [2.45, 2.75) is 43.8 Å². The van der Waals surface area contributed by atoms with Crippen LogP contribution < -0.4 is 47.9 Å². The van der Waals surface area contributed by atoms with Gasteiger partial charge in [0.05, 0.1) is 6.04 Å². The fourth-order valence-electron chi connectivity index (χ4n) is 7.02. The number of hydrogen-bond acceptors (Lipinski definition) is 12. The molecule has 5 amide bonds. The van der Waals surface area contributed by atoms with Crippen molar-refractivity contribution in [1.82, 2.24) is 26.2 Å². The van der Waals surface area contributed by atoms with Crippen molar-refractivity contribution >= 4 is 43.7 Å². The first-order valence-corrected chi connectivity index (χ1v) is 20.3. The molecule has 4 aromatic rings. The van der Waals surface area contributed by atoms with Gasteiger partial charge in [0.2, 0.25) is 24.1 Å². The summed E-state index contributed by atoms with van der Waals surface area (Å²) in [4.78, 5) is 74.0. The third-order valence-corrected chi connectivity index (χ3v) is 10.3. The molecular formula is C44H54BN9O8. The van der Waals surface area contributed by atoms with E-state index in [1.165, 1.54) is 31.5 Å². The number of carbonyl (C=O) groups excluding carboxylic acids is 5. The highest BCUT2D eigenvalue weighted by atomic mass is 16.6. The highest BCUT2D eigenvalue weighted by Gasteiger charge is 2.36. The van der Waals surface area contributed by atoms with Crippen molar-refractivity contribution < 1.29 is 38.3 Å². The molecule has 0 fully saturated rings. The second-order valence-corrected chi connectivity index (χ2v) is 14.5. The van der Waals surface area contributed by atoms with Crippen molar-refractivity contribution in [1.29, 1.82) is 0 Å². The van der Waals surface area contributed by atoms with Crippen LogP contribution in [0.4, 0.5) is 0 Å². The molecule has 10 N–H and O–H groups in total. The Balaban J connectivity index is 1.56.